The van der Waals surface area contributed by atoms with E-state index in [2.05, 4.69) is 43.1 Å². The number of hydrogen-bond donors (Lipinski definition) is 1. The summed E-state index contributed by atoms with van der Waals surface area (Å²) < 4.78 is 4.11. The Kier molecular flexibility index (Phi) is 8.42. The van der Waals surface area contributed by atoms with Crippen LogP contribution in [0.2, 0.25) is 0 Å². The normalized spacial score (nSPS) is 17.8. The van der Waals surface area contributed by atoms with Crippen LogP contribution < -0.4 is 15.9 Å². The van der Waals surface area contributed by atoms with Gasteiger partial charge in [-0.1, -0.05) is 46.3 Å². The molecule has 0 saturated carbocycles. The van der Waals surface area contributed by atoms with Gasteiger partial charge in [-0.2, -0.15) is 0 Å². The van der Waals surface area contributed by atoms with E-state index in [1.54, 1.807) is 21.7 Å². The number of likely N-dealkylation sites (tertiary alicyclic amines) is 1. The fraction of sp³-hybridized carbons (Fsp3) is 0.300. The number of anilines is 1. The van der Waals surface area contributed by atoms with Crippen molar-refractivity contribution in [2.75, 3.05) is 38.1 Å². The van der Waals surface area contributed by atoms with Gasteiger partial charge in [-0.05, 0) is 86.6 Å². The van der Waals surface area contributed by atoms with Crippen LogP contribution >= 0.6 is 15.9 Å². The molecule has 0 unspecified atom stereocenters. The summed E-state index contributed by atoms with van der Waals surface area (Å²) in [6.45, 7) is 8.79. The molecule has 1 spiro atoms. The molecule has 0 aliphatic carbocycles. The Labute approximate surface area is 305 Å². The zero-order chi connectivity index (χ0) is 35.4. The highest BCUT2D eigenvalue weighted by Crippen LogP contribution is 2.41. The molecular formula is C40H40BrN7O3. The van der Waals surface area contributed by atoms with Crippen molar-refractivity contribution in [1.29, 1.82) is 0 Å². The lowest BCUT2D eigenvalue weighted by atomic mass is 9.73. The molecule has 2 amide bonds. The molecule has 2 saturated heterocycles. The number of nitrogens with one attached hydrogen (secondary N) is 1. The highest BCUT2D eigenvalue weighted by atomic mass is 79.9. The highest BCUT2D eigenvalue weighted by molar-refractivity contribution is 9.10. The average molecular weight is 747 g/mol. The first-order valence-corrected chi connectivity index (χ1v) is 18.1. The van der Waals surface area contributed by atoms with Crippen molar-refractivity contribution < 1.29 is 9.59 Å². The summed E-state index contributed by atoms with van der Waals surface area (Å²) in [4.78, 5) is 53.6. The van der Waals surface area contributed by atoms with Crippen molar-refractivity contribution >= 4 is 33.4 Å². The zero-order valence-electron chi connectivity index (χ0n) is 29.0. The number of benzene rings is 3. The predicted octanol–water partition coefficient (Wildman–Crippen LogP) is 5.50. The summed E-state index contributed by atoms with van der Waals surface area (Å²) in [5, 5.41) is 3.11. The van der Waals surface area contributed by atoms with Crippen LogP contribution in [0.4, 0.5) is 5.69 Å². The van der Waals surface area contributed by atoms with Crippen molar-refractivity contribution in [2.45, 2.75) is 39.5 Å². The van der Waals surface area contributed by atoms with E-state index in [0.717, 1.165) is 58.7 Å². The molecule has 5 heterocycles. The van der Waals surface area contributed by atoms with Crippen LogP contribution in [0.15, 0.2) is 100 Å². The molecule has 2 aromatic heterocycles. The van der Waals surface area contributed by atoms with Gasteiger partial charge in [0.25, 0.3) is 11.8 Å². The van der Waals surface area contributed by atoms with Crippen molar-refractivity contribution in [3.8, 4) is 16.9 Å². The molecule has 3 aliphatic rings. The molecule has 11 heteroatoms. The first-order chi connectivity index (χ1) is 24.6. The molecule has 0 radical (unpaired) electrons. The second-order valence-corrected chi connectivity index (χ2v) is 15.2. The third kappa shape index (κ3) is 5.98. The smallest absolute Gasteiger partial charge is 0.333 e. The van der Waals surface area contributed by atoms with E-state index < -0.39 is 0 Å². The van der Waals surface area contributed by atoms with E-state index in [1.165, 1.54) is 4.57 Å². The Morgan fingerprint density at radius 3 is 2.37 bits per heavy atom. The second-order valence-electron chi connectivity index (χ2n) is 14.4. The standard InChI is InChI=1S/C40H40BrN7O3/c1-26-18-28(11-16-33(26)41)38(50)46-21-35-36(37(49)43-19-29-8-4-5-9-32(29)34-10-6-7-17-42-34)48(39(51)47(35)20-27(46)2)31-14-12-30(13-15-31)45-24-40(25-45)22-44(3)23-40/h4-18,27H,19-25H2,1-3H3,(H,43,49)/t27-/m0/s1. The lowest BCUT2D eigenvalue weighted by Crippen LogP contribution is -2.71. The Hall–Kier alpha value is -5.00. The zero-order valence-corrected chi connectivity index (χ0v) is 30.6. The van der Waals surface area contributed by atoms with Gasteiger partial charge >= 0.3 is 5.69 Å². The molecule has 0 bridgehead atoms. The maximum Gasteiger partial charge on any atom is 0.333 e. The molecule has 8 rings (SSSR count). The molecule has 1 N–H and O–H groups in total. The van der Waals surface area contributed by atoms with Crippen LogP contribution in [0.1, 0.15) is 44.6 Å². The summed E-state index contributed by atoms with van der Waals surface area (Å²) in [5.74, 6) is -0.532. The van der Waals surface area contributed by atoms with E-state index in [9.17, 15) is 14.4 Å². The van der Waals surface area contributed by atoms with E-state index >= 15 is 0 Å². The minimum atomic E-state index is -0.388. The number of amides is 2. The molecule has 5 aromatic rings. The quantitative estimate of drug-likeness (QED) is 0.237. The molecule has 2 fully saturated rings. The molecule has 3 aliphatic heterocycles. The van der Waals surface area contributed by atoms with Crippen LogP contribution in [0.3, 0.4) is 0 Å². The molecule has 1 atom stereocenters. The van der Waals surface area contributed by atoms with Crippen LogP contribution in [0.25, 0.3) is 16.9 Å². The fourth-order valence-electron chi connectivity index (χ4n) is 8.07. The number of carbonyl (C=O) groups is 2. The number of pyridine rings is 1. The third-order valence-corrected chi connectivity index (χ3v) is 11.4. The molecule has 3 aromatic carbocycles. The molecule has 10 nitrogen and oxygen atoms in total. The van der Waals surface area contributed by atoms with Gasteiger partial charge in [0.15, 0.2) is 0 Å². The Bertz CT molecular complexity index is 2200. The molecule has 51 heavy (non-hydrogen) atoms. The number of hydrogen-bond acceptors (Lipinski definition) is 6. The molecule has 260 valence electrons. The highest BCUT2D eigenvalue weighted by Gasteiger charge is 2.50. The van der Waals surface area contributed by atoms with E-state index in [0.29, 0.717) is 22.4 Å². The number of aryl methyl sites for hydroxylation is 1. The van der Waals surface area contributed by atoms with Gasteiger partial charge in [-0.3, -0.25) is 23.7 Å². The van der Waals surface area contributed by atoms with Gasteiger partial charge in [0.05, 0.1) is 23.6 Å². The van der Waals surface area contributed by atoms with Crippen LogP contribution in [-0.2, 0) is 19.6 Å². The number of rotatable bonds is 7. The number of halogens is 1. The Morgan fingerprint density at radius 2 is 1.67 bits per heavy atom. The van der Waals surface area contributed by atoms with Crippen molar-refractivity contribution in [2.24, 2.45) is 5.41 Å². The van der Waals surface area contributed by atoms with Gasteiger partial charge in [0, 0.05) is 78.2 Å². The summed E-state index contributed by atoms with van der Waals surface area (Å²) in [7, 11) is 2.16. The van der Waals surface area contributed by atoms with Crippen molar-refractivity contribution in [3.05, 3.63) is 134 Å². The lowest BCUT2D eigenvalue weighted by Gasteiger charge is -2.60. The number of imidazole rings is 1. The SMILES string of the molecule is Cc1cc(C(=O)N2Cc3c(C(=O)NCc4ccccc4-c4ccccn4)n(-c4ccc(N5CC6(CN(C)C6)C5)cc4)c(=O)n3C[C@@H]2C)ccc1Br. The average Bonchev–Trinajstić information content (AvgIpc) is 3.40. The fourth-order valence-corrected chi connectivity index (χ4v) is 8.31. The number of nitrogens with zero attached hydrogens (tertiary/aromatic N) is 6. The second kappa shape index (κ2) is 13.0. The summed E-state index contributed by atoms with van der Waals surface area (Å²) >= 11 is 3.53. The minimum Gasteiger partial charge on any atom is -0.370 e. The maximum absolute atomic E-state index is 14.4. The Morgan fingerprint density at radius 1 is 0.941 bits per heavy atom. The van der Waals surface area contributed by atoms with E-state index in [4.69, 9.17) is 0 Å². The minimum absolute atomic E-state index is 0.118. The maximum atomic E-state index is 14.4. The summed E-state index contributed by atoms with van der Waals surface area (Å²) in [6, 6.07) is 26.8. The van der Waals surface area contributed by atoms with Crippen molar-refractivity contribution in [1.82, 2.24) is 29.2 Å². The predicted molar refractivity (Wildman–Crippen MR) is 201 cm³/mol. The first-order valence-electron chi connectivity index (χ1n) is 17.3. The topological polar surface area (TPSA) is 95.7 Å². The summed E-state index contributed by atoms with van der Waals surface area (Å²) in [6.07, 6.45) is 1.75. The largest absolute Gasteiger partial charge is 0.370 e. The van der Waals surface area contributed by atoms with Gasteiger partial charge in [-0.25, -0.2) is 4.79 Å². The van der Waals surface area contributed by atoms with Gasteiger partial charge in [0.2, 0.25) is 0 Å². The third-order valence-electron chi connectivity index (χ3n) is 10.6. The first kappa shape index (κ1) is 33.2. The monoisotopic (exact) mass is 745 g/mol. The van der Waals surface area contributed by atoms with Gasteiger partial charge in [-0.15, -0.1) is 0 Å². The number of fused-ring (bicyclic) bond motifs is 1. The molecular weight excluding hydrogens is 706 g/mol. The van der Waals surface area contributed by atoms with Crippen LogP contribution in [0, 0.1) is 12.3 Å². The van der Waals surface area contributed by atoms with Crippen molar-refractivity contribution in [3.63, 3.8) is 0 Å². The lowest BCUT2D eigenvalue weighted by molar-refractivity contribution is -0.00238. The number of aromatic nitrogens is 3. The summed E-state index contributed by atoms with van der Waals surface area (Å²) in [5.41, 5.74) is 6.70. The van der Waals surface area contributed by atoms with Crippen LogP contribution in [-0.4, -0.2) is 75.0 Å². The number of carbonyl (C=O) groups excluding carboxylic acids is 2. The van der Waals surface area contributed by atoms with E-state index in [-0.39, 0.29) is 48.9 Å². The van der Waals surface area contributed by atoms with E-state index in [1.807, 2.05) is 92.7 Å². The van der Waals surface area contributed by atoms with Gasteiger partial charge in [0.1, 0.15) is 5.69 Å². The van der Waals surface area contributed by atoms with Gasteiger partial charge < -0.3 is 20.0 Å². The Balaban J connectivity index is 1.14. The van der Waals surface area contributed by atoms with Crippen LogP contribution in [0.5, 0.6) is 0 Å².